The average Bonchev–Trinajstić information content (AvgIpc) is 2.73. The van der Waals surface area contributed by atoms with Crippen LogP contribution in [0.4, 0.5) is 0 Å². The fourth-order valence-electron chi connectivity index (χ4n) is 1.01. The molecule has 0 aliphatic carbocycles. The summed E-state index contributed by atoms with van der Waals surface area (Å²) in [5, 5.41) is 3.04. The van der Waals surface area contributed by atoms with E-state index in [1.807, 2.05) is 6.92 Å². The number of ether oxygens (including phenoxy) is 1. The molecule has 0 spiro atoms. The third-order valence-corrected chi connectivity index (χ3v) is 1.91. The van der Waals surface area contributed by atoms with E-state index < -0.39 is 5.97 Å². The van der Waals surface area contributed by atoms with Crippen molar-refractivity contribution >= 4 is 5.97 Å². The summed E-state index contributed by atoms with van der Waals surface area (Å²) in [7, 11) is 1.33. The second-order valence-corrected chi connectivity index (χ2v) is 3.06. The van der Waals surface area contributed by atoms with Crippen molar-refractivity contribution in [2.45, 2.75) is 19.5 Å². The second-order valence-electron chi connectivity index (χ2n) is 3.06. The number of hydrogen-bond acceptors (Lipinski definition) is 4. The van der Waals surface area contributed by atoms with Gasteiger partial charge in [0.2, 0.25) is 0 Å². The van der Waals surface area contributed by atoms with E-state index in [0.717, 1.165) is 0 Å². The van der Waals surface area contributed by atoms with Crippen molar-refractivity contribution < 1.29 is 13.9 Å². The number of nitrogens with one attached hydrogen (secondary N) is 1. The van der Waals surface area contributed by atoms with Crippen LogP contribution >= 0.6 is 0 Å². The minimum absolute atomic E-state index is 0.0309. The molecule has 0 bridgehead atoms. The van der Waals surface area contributed by atoms with Crippen LogP contribution in [0.25, 0.3) is 0 Å². The van der Waals surface area contributed by atoms with Crippen molar-refractivity contribution in [3.63, 3.8) is 0 Å². The lowest BCUT2D eigenvalue weighted by molar-refractivity contribution is 0.0600. The van der Waals surface area contributed by atoms with E-state index in [9.17, 15) is 4.79 Å². The van der Waals surface area contributed by atoms with Gasteiger partial charge < -0.3 is 9.15 Å². The first kappa shape index (κ1) is 11.3. The number of methoxy groups -OCH3 is 1. The number of furan rings is 1. The standard InChI is InChI=1S/C11H13NO3/c1-4-8(2)12-6-10-5-9(7-15-10)11(13)14-3/h1,5,7-8,12H,6H2,2-3H3. The Bertz CT molecular complexity index is 375. The van der Waals surface area contributed by atoms with E-state index in [0.29, 0.717) is 17.9 Å². The van der Waals surface area contributed by atoms with Crippen molar-refractivity contribution in [1.29, 1.82) is 0 Å². The Morgan fingerprint density at radius 1 is 1.80 bits per heavy atom. The average molecular weight is 207 g/mol. The van der Waals surface area contributed by atoms with Gasteiger partial charge in [0.05, 0.1) is 25.3 Å². The third kappa shape index (κ3) is 3.15. The molecule has 0 saturated heterocycles. The second kappa shape index (κ2) is 5.23. The molecule has 1 aromatic rings. The monoisotopic (exact) mass is 207 g/mol. The highest BCUT2D eigenvalue weighted by Gasteiger charge is 2.10. The summed E-state index contributed by atoms with van der Waals surface area (Å²) in [6, 6.07) is 1.60. The Kier molecular flexibility index (Phi) is 3.95. The van der Waals surface area contributed by atoms with Gasteiger partial charge in [-0.3, -0.25) is 5.32 Å². The SMILES string of the molecule is C#CC(C)NCc1cc(C(=O)OC)co1. The van der Waals surface area contributed by atoms with Crippen LogP contribution in [0.15, 0.2) is 16.7 Å². The molecule has 1 rings (SSSR count). The summed E-state index contributed by atoms with van der Waals surface area (Å²) in [6.45, 7) is 2.35. The van der Waals surface area contributed by atoms with E-state index >= 15 is 0 Å². The third-order valence-electron chi connectivity index (χ3n) is 1.91. The fourth-order valence-corrected chi connectivity index (χ4v) is 1.01. The van der Waals surface area contributed by atoms with Gasteiger partial charge in [-0.2, -0.15) is 0 Å². The van der Waals surface area contributed by atoms with Crippen LogP contribution in [-0.2, 0) is 11.3 Å². The van der Waals surface area contributed by atoms with E-state index in [1.54, 1.807) is 6.07 Å². The van der Waals surface area contributed by atoms with Gasteiger partial charge in [-0.15, -0.1) is 6.42 Å². The fraction of sp³-hybridized carbons (Fsp3) is 0.364. The molecule has 1 aromatic heterocycles. The summed E-state index contributed by atoms with van der Waals surface area (Å²) in [5.74, 6) is 2.77. The van der Waals surface area contributed by atoms with E-state index in [-0.39, 0.29) is 6.04 Å². The summed E-state index contributed by atoms with van der Waals surface area (Å²) >= 11 is 0. The number of hydrogen-bond donors (Lipinski definition) is 1. The Morgan fingerprint density at radius 2 is 2.53 bits per heavy atom. The van der Waals surface area contributed by atoms with Crippen LogP contribution in [0.1, 0.15) is 23.0 Å². The van der Waals surface area contributed by atoms with Gasteiger partial charge in [0, 0.05) is 0 Å². The molecule has 0 aliphatic heterocycles. The summed E-state index contributed by atoms with van der Waals surface area (Å²) < 4.78 is 9.70. The van der Waals surface area contributed by atoms with Crippen molar-refractivity contribution in [3.05, 3.63) is 23.7 Å². The van der Waals surface area contributed by atoms with Gasteiger partial charge in [0.1, 0.15) is 12.0 Å². The smallest absolute Gasteiger partial charge is 0.341 e. The molecule has 1 N–H and O–H groups in total. The number of terminal acetylenes is 1. The molecule has 80 valence electrons. The van der Waals surface area contributed by atoms with Crippen molar-refractivity contribution in [2.24, 2.45) is 0 Å². The van der Waals surface area contributed by atoms with Gasteiger partial charge in [0.25, 0.3) is 0 Å². The van der Waals surface area contributed by atoms with Gasteiger partial charge in [-0.05, 0) is 13.0 Å². The lowest BCUT2D eigenvalue weighted by Gasteiger charge is -2.03. The molecule has 0 amide bonds. The Balaban J connectivity index is 2.54. The highest BCUT2D eigenvalue weighted by Crippen LogP contribution is 2.08. The summed E-state index contributed by atoms with van der Waals surface area (Å²) in [4.78, 5) is 11.1. The summed E-state index contributed by atoms with van der Waals surface area (Å²) in [5.41, 5.74) is 0.405. The van der Waals surface area contributed by atoms with E-state index in [2.05, 4.69) is 16.0 Å². The maximum atomic E-state index is 11.1. The Hall–Kier alpha value is -1.73. The van der Waals surface area contributed by atoms with Crippen molar-refractivity contribution in [1.82, 2.24) is 5.32 Å². The Morgan fingerprint density at radius 3 is 3.13 bits per heavy atom. The largest absolute Gasteiger partial charge is 0.467 e. The van der Waals surface area contributed by atoms with Crippen LogP contribution in [0.3, 0.4) is 0 Å². The molecule has 0 aromatic carbocycles. The normalized spacial score (nSPS) is 11.8. The molecule has 0 radical (unpaired) electrons. The maximum absolute atomic E-state index is 11.1. The molecular weight excluding hydrogens is 194 g/mol. The zero-order valence-electron chi connectivity index (χ0n) is 8.74. The molecular formula is C11H13NO3. The minimum Gasteiger partial charge on any atom is -0.467 e. The van der Waals surface area contributed by atoms with Gasteiger partial charge >= 0.3 is 5.97 Å². The Labute approximate surface area is 88.6 Å². The van der Waals surface area contributed by atoms with Crippen LogP contribution in [-0.4, -0.2) is 19.1 Å². The van der Waals surface area contributed by atoms with Crippen LogP contribution in [0.5, 0.6) is 0 Å². The number of esters is 1. The predicted octanol–water partition coefficient (Wildman–Crippen LogP) is 1.18. The van der Waals surface area contributed by atoms with Crippen molar-refractivity contribution in [3.8, 4) is 12.3 Å². The molecule has 1 heterocycles. The maximum Gasteiger partial charge on any atom is 0.341 e. The lowest BCUT2D eigenvalue weighted by atomic mass is 10.3. The molecule has 0 aliphatic rings. The lowest BCUT2D eigenvalue weighted by Crippen LogP contribution is -2.23. The first-order valence-electron chi connectivity index (χ1n) is 4.52. The molecule has 0 fully saturated rings. The summed E-state index contributed by atoms with van der Waals surface area (Å²) in [6.07, 6.45) is 6.56. The molecule has 0 saturated carbocycles. The van der Waals surface area contributed by atoms with E-state index in [1.165, 1.54) is 13.4 Å². The number of rotatable bonds is 4. The zero-order chi connectivity index (χ0) is 11.3. The molecule has 15 heavy (non-hydrogen) atoms. The van der Waals surface area contributed by atoms with Crippen LogP contribution in [0.2, 0.25) is 0 Å². The minimum atomic E-state index is -0.407. The van der Waals surface area contributed by atoms with Crippen LogP contribution < -0.4 is 5.32 Å². The molecule has 1 unspecified atom stereocenters. The van der Waals surface area contributed by atoms with Crippen LogP contribution in [0, 0.1) is 12.3 Å². The van der Waals surface area contributed by atoms with Crippen molar-refractivity contribution in [2.75, 3.05) is 7.11 Å². The van der Waals surface area contributed by atoms with Gasteiger partial charge in [-0.1, -0.05) is 5.92 Å². The highest BCUT2D eigenvalue weighted by atomic mass is 16.5. The number of carbonyl (C=O) groups is 1. The van der Waals surface area contributed by atoms with Gasteiger partial charge in [0.15, 0.2) is 0 Å². The first-order chi connectivity index (χ1) is 7.17. The zero-order valence-corrected chi connectivity index (χ0v) is 8.74. The molecule has 1 atom stereocenters. The molecule has 4 nitrogen and oxygen atoms in total. The number of carbonyl (C=O) groups excluding carboxylic acids is 1. The van der Waals surface area contributed by atoms with E-state index in [4.69, 9.17) is 10.8 Å². The van der Waals surface area contributed by atoms with Gasteiger partial charge in [-0.25, -0.2) is 4.79 Å². The quantitative estimate of drug-likeness (QED) is 0.595. The topological polar surface area (TPSA) is 51.5 Å². The predicted molar refractivity (Wildman–Crippen MR) is 55.2 cm³/mol. The molecule has 4 heteroatoms. The highest BCUT2D eigenvalue weighted by molar-refractivity contribution is 5.88. The first-order valence-corrected chi connectivity index (χ1v) is 4.52.